The molecule has 0 saturated carbocycles. The highest BCUT2D eigenvalue weighted by atomic mass is 16.5. The molecule has 2 amide bonds. The number of phenolic OH excluding ortho intramolecular Hbond substituents is 1. The summed E-state index contributed by atoms with van der Waals surface area (Å²) >= 11 is 0. The van der Waals surface area contributed by atoms with E-state index in [1.54, 1.807) is 19.2 Å². The van der Waals surface area contributed by atoms with Gasteiger partial charge < -0.3 is 35.4 Å². The second-order valence-electron chi connectivity index (χ2n) is 10.3. The SMILES string of the molecule is COc1cc2cc3c1O[C@@H](c1ccc(O)cc1)[C@@H]3C(=O)N1CCCCNCCCN[C@H]2CC(=O)NCCC1. The number of nitrogens with zero attached hydrogens (tertiary/aromatic N) is 1. The fraction of sp³-hybridized carbons (Fsp3) is 0.517. The van der Waals surface area contributed by atoms with Crippen molar-refractivity contribution in [3.8, 4) is 17.2 Å². The van der Waals surface area contributed by atoms with Crippen LogP contribution in [0.15, 0.2) is 36.4 Å². The minimum atomic E-state index is -0.570. The van der Waals surface area contributed by atoms with Gasteiger partial charge in [0, 0.05) is 37.7 Å². The second-order valence-corrected chi connectivity index (χ2v) is 10.3. The first-order valence-electron chi connectivity index (χ1n) is 13.7. The topological polar surface area (TPSA) is 112 Å². The van der Waals surface area contributed by atoms with E-state index in [1.807, 2.05) is 29.2 Å². The third kappa shape index (κ3) is 5.73. The number of carbonyl (C=O) groups is 2. The molecule has 3 heterocycles. The number of amides is 2. The van der Waals surface area contributed by atoms with Gasteiger partial charge in [0.15, 0.2) is 11.5 Å². The lowest BCUT2D eigenvalue weighted by atomic mass is 9.87. The van der Waals surface area contributed by atoms with Crippen LogP contribution < -0.4 is 25.4 Å². The van der Waals surface area contributed by atoms with Gasteiger partial charge in [0.05, 0.1) is 7.11 Å². The maximum Gasteiger partial charge on any atom is 0.234 e. The van der Waals surface area contributed by atoms with Gasteiger partial charge in [-0.05, 0) is 80.7 Å². The molecule has 2 aromatic carbocycles. The summed E-state index contributed by atoms with van der Waals surface area (Å²) in [6.45, 7) is 4.28. The number of methoxy groups -OCH3 is 1. The van der Waals surface area contributed by atoms with Crippen LogP contribution in [0.2, 0.25) is 0 Å². The van der Waals surface area contributed by atoms with E-state index >= 15 is 0 Å². The normalized spacial score (nSPS) is 25.0. The molecule has 0 unspecified atom stereocenters. The maximum atomic E-state index is 14.4. The summed E-state index contributed by atoms with van der Waals surface area (Å²) in [4.78, 5) is 29.2. The Labute approximate surface area is 223 Å². The van der Waals surface area contributed by atoms with Crippen molar-refractivity contribution in [1.29, 1.82) is 0 Å². The molecule has 0 saturated heterocycles. The standard InChI is InChI=1S/C29H38N4O5/c1-37-24-17-20-16-22-26(27(38-28(22)24)19-6-8-21(34)9-7-19)29(36)33-14-3-2-10-30-11-4-12-31-23(20)18-25(35)32-13-5-15-33/h6-9,16-17,23,26-27,30-31,34H,2-5,10-15,18H2,1H3,(H,32,35)/t23-,26+,27-/m0/s1. The second kappa shape index (κ2) is 12.0. The number of hydrogen-bond acceptors (Lipinski definition) is 7. The summed E-state index contributed by atoms with van der Waals surface area (Å²) in [6.07, 6.45) is 3.23. The van der Waals surface area contributed by atoms with Crippen LogP contribution in [0, 0.1) is 0 Å². The number of aromatic hydroxyl groups is 1. The van der Waals surface area contributed by atoms with Gasteiger partial charge >= 0.3 is 0 Å². The molecule has 2 aromatic rings. The van der Waals surface area contributed by atoms with E-state index < -0.39 is 12.0 Å². The molecular formula is C29H38N4O5. The predicted molar refractivity (Wildman–Crippen MR) is 143 cm³/mol. The summed E-state index contributed by atoms with van der Waals surface area (Å²) in [7, 11) is 1.60. The molecule has 0 aliphatic carbocycles. The van der Waals surface area contributed by atoms with Gasteiger partial charge in [-0.25, -0.2) is 0 Å². The molecule has 5 rings (SSSR count). The number of fused-ring (bicyclic) bond motifs is 1. The maximum absolute atomic E-state index is 14.4. The Morgan fingerprint density at radius 2 is 1.74 bits per heavy atom. The number of hydrogen-bond donors (Lipinski definition) is 4. The Balaban J connectivity index is 1.64. The average molecular weight is 523 g/mol. The monoisotopic (exact) mass is 522 g/mol. The zero-order valence-electron chi connectivity index (χ0n) is 22.0. The molecule has 3 atom stereocenters. The van der Waals surface area contributed by atoms with Crippen molar-refractivity contribution in [2.24, 2.45) is 0 Å². The summed E-state index contributed by atoms with van der Waals surface area (Å²) in [6, 6.07) is 10.6. The van der Waals surface area contributed by atoms with Crippen LogP contribution in [0.5, 0.6) is 17.2 Å². The van der Waals surface area contributed by atoms with Crippen LogP contribution in [0.25, 0.3) is 0 Å². The summed E-state index contributed by atoms with van der Waals surface area (Å²) in [5.74, 6) is 0.698. The molecule has 38 heavy (non-hydrogen) atoms. The van der Waals surface area contributed by atoms with Crippen LogP contribution in [0.4, 0.5) is 0 Å². The fourth-order valence-electron chi connectivity index (χ4n) is 5.66. The van der Waals surface area contributed by atoms with Crippen LogP contribution in [0.1, 0.15) is 66.9 Å². The van der Waals surface area contributed by atoms with Crippen LogP contribution >= 0.6 is 0 Å². The molecule has 0 aromatic heterocycles. The van der Waals surface area contributed by atoms with E-state index in [0.717, 1.165) is 55.6 Å². The molecule has 0 spiro atoms. The number of carbonyl (C=O) groups excluding carboxylic acids is 2. The van der Waals surface area contributed by atoms with E-state index in [1.165, 1.54) is 0 Å². The van der Waals surface area contributed by atoms with Crippen LogP contribution in [-0.4, -0.2) is 68.2 Å². The highest BCUT2D eigenvalue weighted by molar-refractivity contribution is 5.87. The molecule has 3 aliphatic rings. The van der Waals surface area contributed by atoms with E-state index in [2.05, 4.69) is 16.0 Å². The molecular weight excluding hydrogens is 484 g/mol. The highest BCUT2D eigenvalue weighted by Crippen LogP contribution is 2.52. The first-order chi connectivity index (χ1) is 18.5. The molecule has 9 nitrogen and oxygen atoms in total. The van der Waals surface area contributed by atoms with E-state index in [-0.39, 0.29) is 23.6 Å². The molecule has 4 bridgehead atoms. The van der Waals surface area contributed by atoms with Gasteiger partial charge in [-0.1, -0.05) is 12.1 Å². The molecule has 3 aliphatic heterocycles. The van der Waals surface area contributed by atoms with Crippen molar-refractivity contribution in [3.63, 3.8) is 0 Å². The van der Waals surface area contributed by atoms with Gasteiger partial charge in [-0.15, -0.1) is 0 Å². The molecule has 9 heteroatoms. The van der Waals surface area contributed by atoms with Crippen molar-refractivity contribution in [2.75, 3.05) is 46.4 Å². The van der Waals surface area contributed by atoms with Crippen molar-refractivity contribution in [2.45, 2.75) is 50.2 Å². The van der Waals surface area contributed by atoms with Gasteiger partial charge in [0.25, 0.3) is 0 Å². The lowest BCUT2D eigenvalue weighted by Gasteiger charge is -2.28. The minimum Gasteiger partial charge on any atom is -0.508 e. The van der Waals surface area contributed by atoms with Gasteiger partial charge in [-0.2, -0.15) is 0 Å². The zero-order valence-corrected chi connectivity index (χ0v) is 22.0. The largest absolute Gasteiger partial charge is 0.508 e. The third-order valence-corrected chi connectivity index (χ3v) is 7.68. The molecule has 204 valence electrons. The molecule has 4 N–H and O–H groups in total. The van der Waals surface area contributed by atoms with Gasteiger partial charge in [0.1, 0.15) is 17.8 Å². The highest BCUT2D eigenvalue weighted by Gasteiger charge is 2.44. The third-order valence-electron chi connectivity index (χ3n) is 7.68. The first kappa shape index (κ1) is 26.3. The van der Waals surface area contributed by atoms with Crippen molar-refractivity contribution in [3.05, 3.63) is 53.1 Å². The quantitative estimate of drug-likeness (QED) is 0.480. The Kier molecular flexibility index (Phi) is 8.34. The van der Waals surface area contributed by atoms with Gasteiger partial charge in [-0.3, -0.25) is 9.59 Å². The Hall–Kier alpha value is -3.30. The number of nitrogens with one attached hydrogen (secondary N) is 3. The fourth-order valence-corrected chi connectivity index (χ4v) is 5.66. The van der Waals surface area contributed by atoms with Crippen LogP contribution in [0.3, 0.4) is 0 Å². The van der Waals surface area contributed by atoms with E-state index in [4.69, 9.17) is 9.47 Å². The van der Waals surface area contributed by atoms with Crippen LogP contribution in [-0.2, 0) is 9.59 Å². The molecule has 0 radical (unpaired) electrons. The summed E-state index contributed by atoms with van der Waals surface area (Å²) in [5, 5.41) is 20.0. The minimum absolute atomic E-state index is 0.0103. The van der Waals surface area contributed by atoms with Crippen molar-refractivity contribution < 1.29 is 24.2 Å². The Bertz CT molecular complexity index is 1140. The van der Waals surface area contributed by atoms with E-state index in [0.29, 0.717) is 44.0 Å². The lowest BCUT2D eigenvalue weighted by Crippen LogP contribution is -2.39. The van der Waals surface area contributed by atoms with Gasteiger partial charge in [0.2, 0.25) is 11.8 Å². The predicted octanol–water partition coefficient (Wildman–Crippen LogP) is 2.76. The number of ether oxygens (including phenoxy) is 2. The van der Waals surface area contributed by atoms with Crippen molar-refractivity contribution in [1.82, 2.24) is 20.9 Å². The smallest absolute Gasteiger partial charge is 0.234 e. The number of benzene rings is 2. The number of rotatable bonds is 2. The average Bonchev–Trinajstić information content (AvgIpc) is 3.30. The Morgan fingerprint density at radius 1 is 0.947 bits per heavy atom. The zero-order chi connectivity index (χ0) is 26.5. The number of phenols is 1. The lowest BCUT2D eigenvalue weighted by molar-refractivity contribution is -0.134. The first-order valence-corrected chi connectivity index (χ1v) is 13.7. The molecule has 0 fully saturated rings. The summed E-state index contributed by atoms with van der Waals surface area (Å²) in [5.41, 5.74) is 2.50. The Morgan fingerprint density at radius 3 is 2.55 bits per heavy atom. The van der Waals surface area contributed by atoms with E-state index in [9.17, 15) is 14.7 Å². The summed E-state index contributed by atoms with van der Waals surface area (Å²) < 4.78 is 12.3. The van der Waals surface area contributed by atoms with Crippen molar-refractivity contribution >= 4 is 11.8 Å².